The maximum atomic E-state index is 12.8. The number of hydrogen-bond acceptors (Lipinski definition) is 5. The molecule has 4 rings (SSSR count). The smallest absolute Gasteiger partial charge is 0.255 e. The topological polar surface area (TPSA) is 71.4 Å². The number of ether oxygens (including phenoxy) is 1. The number of rotatable bonds is 6. The molecule has 0 fully saturated rings. The van der Waals surface area contributed by atoms with Crippen LogP contribution in [0.2, 0.25) is 0 Å². The molecule has 2 aliphatic heterocycles. The number of carbonyl (C=O) groups excluding carboxylic acids is 1. The minimum Gasteiger partial charge on any atom is -0.493 e. The zero-order valence-corrected chi connectivity index (χ0v) is 15.5. The van der Waals surface area contributed by atoms with Gasteiger partial charge in [0.1, 0.15) is 5.75 Å². The molecule has 0 atom stereocenters. The van der Waals surface area contributed by atoms with Gasteiger partial charge in [-0.15, -0.1) is 0 Å². The average Bonchev–Trinajstić information content (AvgIpc) is 3.02. The molecule has 1 amide bonds. The van der Waals surface area contributed by atoms with Crippen LogP contribution in [-0.2, 0) is 24.2 Å². The highest BCUT2D eigenvalue weighted by Crippen LogP contribution is 2.25. The molecular formula is C19H23F2N5O2. The molecular weight excluding hydrogens is 368 g/mol. The van der Waals surface area contributed by atoms with Crippen LogP contribution in [0.3, 0.4) is 0 Å². The Morgan fingerprint density at radius 3 is 2.93 bits per heavy atom. The summed E-state index contributed by atoms with van der Waals surface area (Å²) >= 11 is 0. The Balaban J connectivity index is 1.38. The average molecular weight is 391 g/mol. The first-order chi connectivity index (χ1) is 13.6. The highest BCUT2D eigenvalue weighted by Gasteiger charge is 2.23. The minimum absolute atomic E-state index is 0.195. The Morgan fingerprint density at radius 2 is 2.11 bits per heavy atom. The molecule has 7 nitrogen and oxygen atoms in total. The normalized spacial score (nSPS) is 16.1. The summed E-state index contributed by atoms with van der Waals surface area (Å²) in [6, 6.07) is 5.65. The fourth-order valence-electron chi connectivity index (χ4n) is 3.53. The second-order valence-electron chi connectivity index (χ2n) is 6.96. The largest absolute Gasteiger partial charge is 0.493 e. The Bertz CT molecular complexity index is 831. The lowest BCUT2D eigenvalue weighted by Gasteiger charge is -2.20. The van der Waals surface area contributed by atoms with Gasteiger partial charge >= 0.3 is 0 Å². The third kappa shape index (κ3) is 4.18. The van der Waals surface area contributed by atoms with Crippen LogP contribution < -0.4 is 15.5 Å². The van der Waals surface area contributed by atoms with Crippen LogP contribution in [-0.4, -0.2) is 53.1 Å². The van der Waals surface area contributed by atoms with Crippen LogP contribution in [0.5, 0.6) is 5.75 Å². The third-order valence-electron chi connectivity index (χ3n) is 4.93. The summed E-state index contributed by atoms with van der Waals surface area (Å²) in [5, 5.41) is 3.22. The van der Waals surface area contributed by atoms with Crippen molar-refractivity contribution in [3.63, 3.8) is 0 Å². The first-order valence-electron chi connectivity index (χ1n) is 9.45. The molecule has 0 aliphatic carbocycles. The van der Waals surface area contributed by atoms with E-state index in [2.05, 4.69) is 15.7 Å². The second-order valence-corrected chi connectivity index (χ2v) is 6.96. The van der Waals surface area contributed by atoms with Crippen molar-refractivity contribution < 1.29 is 18.3 Å². The van der Waals surface area contributed by atoms with Crippen molar-refractivity contribution in [2.24, 2.45) is 0 Å². The highest BCUT2D eigenvalue weighted by atomic mass is 19.3. The molecule has 2 aromatic rings. The molecule has 9 heteroatoms. The van der Waals surface area contributed by atoms with E-state index in [4.69, 9.17) is 4.74 Å². The molecule has 28 heavy (non-hydrogen) atoms. The van der Waals surface area contributed by atoms with E-state index in [0.29, 0.717) is 25.2 Å². The first-order valence-corrected chi connectivity index (χ1v) is 9.45. The van der Waals surface area contributed by atoms with Gasteiger partial charge in [-0.1, -0.05) is 6.07 Å². The standard InChI is InChI=1S/C19H23F2N5O2/c20-17(21)12-25-10-14-9-16(3-1-13(14)2-4-18(25)27)28-8-5-15-11-26-19(24-15)22-6-7-23-26/h1,3,9,11,17,23H,2,4-8,10,12H2,(H,22,24). The summed E-state index contributed by atoms with van der Waals surface area (Å²) in [5.74, 6) is 1.24. The second kappa shape index (κ2) is 8.04. The van der Waals surface area contributed by atoms with Crippen molar-refractivity contribution in [1.82, 2.24) is 14.6 Å². The zero-order chi connectivity index (χ0) is 19.5. The van der Waals surface area contributed by atoms with Crippen molar-refractivity contribution in [2.45, 2.75) is 32.2 Å². The van der Waals surface area contributed by atoms with Crippen molar-refractivity contribution in [3.05, 3.63) is 41.2 Å². The van der Waals surface area contributed by atoms with Gasteiger partial charge in [0.05, 0.1) is 25.0 Å². The van der Waals surface area contributed by atoms with Crippen molar-refractivity contribution in [2.75, 3.05) is 37.0 Å². The van der Waals surface area contributed by atoms with Gasteiger partial charge in [-0.25, -0.2) is 18.4 Å². The van der Waals surface area contributed by atoms with Crippen molar-refractivity contribution >= 4 is 11.9 Å². The molecule has 150 valence electrons. The molecule has 0 unspecified atom stereocenters. The molecule has 2 aliphatic rings. The minimum atomic E-state index is -2.53. The summed E-state index contributed by atoms with van der Waals surface area (Å²) in [5.41, 5.74) is 6.02. The Morgan fingerprint density at radius 1 is 1.21 bits per heavy atom. The van der Waals surface area contributed by atoms with E-state index in [9.17, 15) is 13.6 Å². The van der Waals surface area contributed by atoms with E-state index < -0.39 is 13.0 Å². The summed E-state index contributed by atoms with van der Waals surface area (Å²) in [6.45, 7) is 1.80. The van der Waals surface area contributed by atoms with Crippen LogP contribution in [0.1, 0.15) is 23.2 Å². The molecule has 1 aromatic carbocycles. The number of aromatic nitrogens is 2. The monoisotopic (exact) mass is 391 g/mol. The number of imidazole rings is 1. The van der Waals surface area contributed by atoms with Gasteiger partial charge in [0, 0.05) is 32.5 Å². The maximum Gasteiger partial charge on any atom is 0.255 e. The number of nitrogens with zero attached hydrogens (tertiary/aromatic N) is 3. The summed E-state index contributed by atoms with van der Waals surface area (Å²) in [4.78, 5) is 17.8. The van der Waals surface area contributed by atoms with Crippen LogP contribution in [0.15, 0.2) is 24.4 Å². The fraction of sp³-hybridized carbons (Fsp3) is 0.474. The number of anilines is 1. The van der Waals surface area contributed by atoms with Crippen LogP contribution in [0, 0.1) is 0 Å². The van der Waals surface area contributed by atoms with Gasteiger partial charge in [-0.3, -0.25) is 4.79 Å². The van der Waals surface area contributed by atoms with Crippen LogP contribution in [0.25, 0.3) is 0 Å². The van der Waals surface area contributed by atoms with Gasteiger partial charge < -0.3 is 20.4 Å². The number of fused-ring (bicyclic) bond motifs is 2. The van der Waals surface area contributed by atoms with Gasteiger partial charge in [0.25, 0.3) is 6.43 Å². The number of benzene rings is 1. The number of carbonyl (C=O) groups is 1. The van der Waals surface area contributed by atoms with Crippen molar-refractivity contribution in [1.29, 1.82) is 0 Å². The predicted octanol–water partition coefficient (Wildman–Crippen LogP) is 2.01. The van der Waals surface area contributed by atoms with Crippen LogP contribution in [0.4, 0.5) is 14.7 Å². The molecule has 0 saturated carbocycles. The van der Waals surface area contributed by atoms with E-state index in [1.165, 1.54) is 4.90 Å². The summed E-state index contributed by atoms with van der Waals surface area (Å²) < 4.78 is 33.2. The van der Waals surface area contributed by atoms with E-state index in [1.807, 2.05) is 29.1 Å². The predicted molar refractivity (Wildman–Crippen MR) is 100 cm³/mol. The lowest BCUT2D eigenvalue weighted by molar-refractivity contribution is -0.133. The Labute approximate surface area is 161 Å². The molecule has 0 saturated heterocycles. The quantitative estimate of drug-likeness (QED) is 0.788. The number of hydrogen-bond donors (Lipinski definition) is 2. The molecule has 0 spiro atoms. The van der Waals surface area contributed by atoms with E-state index >= 15 is 0 Å². The zero-order valence-electron chi connectivity index (χ0n) is 15.5. The van der Waals surface area contributed by atoms with Crippen LogP contribution >= 0.6 is 0 Å². The number of aryl methyl sites for hydroxylation is 1. The van der Waals surface area contributed by atoms with Gasteiger partial charge in [0.2, 0.25) is 11.9 Å². The number of alkyl halides is 2. The molecule has 0 bridgehead atoms. The molecule has 0 radical (unpaired) electrons. The molecule has 1 aromatic heterocycles. The Hall–Kier alpha value is -2.84. The lowest BCUT2D eigenvalue weighted by Crippen LogP contribution is -2.33. The van der Waals surface area contributed by atoms with Gasteiger partial charge in [-0.2, -0.15) is 0 Å². The highest BCUT2D eigenvalue weighted by molar-refractivity contribution is 5.77. The number of amides is 1. The lowest BCUT2D eigenvalue weighted by atomic mass is 10.0. The van der Waals surface area contributed by atoms with Crippen molar-refractivity contribution in [3.8, 4) is 5.75 Å². The first kappa shape index (κ1) is 18.5. The summed E-state index contributed by atoms with van der Waals surface area (Å²) in [7, 11) is 0. The summed E-state index contributed by atoms with van der Waals surface area (Å²) in [6.07, 6.45) is 0.878. The Kier molecular flexibility index (Phi) is 5.31. The van der Waals surface area contributed by atoms with E-state index in [1.54, 1.807) is 0 Å². The van der Waals surface area contributed by atoms with E-state index in [-0.39, 0.29) is 18.9 Å². The van der Waals surface area contributed by atoms with Gasteiger partial charge in [-0.05, 0) is 29.7 Å². The molecule has 3 heterocycles. The fourth-order valence-corrected chi connectivity index (χ4v) is 3.53. The number of halogens is 2. The van der Waals surface area contributed by atoms with Gasteiger partial charge in [0.15, 0.2) is 0 Å². The molecule has 2 N–H and O–H groups in total. The SMILES string of the molecule is O=C1CCc2ccc(OCCc3cn4c(n3)NCCN4)cc2CN1CC(F)F. The van der Waals surface area contributed by atoms with E-state index in [0.717, 1.165) is 35.9 Å². The third-order valence-corrected chi connectivity index (χ3v) is 4.93. The maximum absolute atomic E-state index is 12.8. The number of nitrogens with one attached hydrogen (secondary N) is 2.